The summed E-state index contributed by atoms with van der Waals surface area (Å²) < 4.78 is 30.1. The van der Waals surface area contributed by atoms with Crippen LogP contribution < -0.4 is 14.2 Å². The fraction of sp³-hybridized carbons (Fsp3) is 0.250. The lowest BCUT2D eigenvalue weighted by Crippen LogP contribution is -2.01. The van der Waals surface area contributed by atoms with Gasteiger partial charge in [0.2, 0.25) is 5.75 Å². The second kappa shape index (κ2) is 6.45. The first kappa shape index (κ1) is 15.1. The summed E-state index contributed by atoms with van der Waals surface area (Å²) in [6.45, 7) is 1.54. The van der Waals surface area contributed by atoms with Crippen molar-refractivity contribution in [2.24, 2.45) is 0 Å². The van der Waals surface area contributed by atoms with Crippen molar-refractivity contribution in [1.29, 1.82) is 0 Å². The standard InChI is InChI=1S/C16H17FO4/c1-10(18)11-6-4-7-12(17)15(11)21-16-13(19-2)8-5-9-14(16)20-3/h4-10,18H,1-3H3/t10-/m0/s1. The number of methoxy groups -OCH3 is 2. The van der Waals surface area contributed by atoms with Crippen LogP contribution in [-0.4, -0.2) is 19.3 Å². The zero-order valence-electron chi connectivity index (χ0n) is 12.1. The number of halogens is 1. The van der Waals surface area contributed by atoms with Gasteiger partial charge in [0.25, 0.3) is 0 Å². The summed E-state index contributed by atoms with van der Waals surface area (Å²) in [4.78, 5) is 0. The molecule has 0 aromatic heterocycles. The van der Waals surface area contributed by atoms with Crippen LogP contribution in [-0.2, 0) is 0 Å². The number of para-hydroxylation sites is 2. The van der Waals surface area contributed by atoms with E-state index in [1.807, 2.05) is 0 Å². The normalized spacial score (nSPS) is 11.9. The van der Waals surface area contributed by atoms with Crippen molar-refractivity contribution in [1.82, 2.24) is 0 Å². The number of aliphatic hydroxyl groups excluding tert-OH is 1. The van der Waals surface area contributed by atoms with Gasteiger partial charge < -0.3 is 19.3 Å². The Morgan fingerprint density at radius 1 is 0.952 bits per heavy atom. The summed E-state index contributed by atoms with van der Waals surface area (Å²) in [5, 5.41) is 9.75. The Morgan fingerprint density at radius 3 is 2.05 bits per heavy atom. The lowest BCUT2D eigenvalue weighted by atomic mass is 10.1. The lowest BCUT2D eigenvalue weighted by molar-refractivity contribution is 0.194. The van der Waals surface area contributed by atoms with Crippen LogP contribution in [0.25, 0.3) is 0 Å². The Labute approximate surface area is 122 Å². The third kappa shape index (κ3) is 3.08. The third-order valence-corrected chi connectivity index (χ3v) is 3.03. The predicted molar refractivity (Wildman–Crippen MR) is 76.7 cm³/mol. The van der Waals surface area contributed by atoms with Crippen molar-refractivity contribution in [3.63, 3.8) is 0 Å². The van der Waals surface area contributed by atoms with Gasteiger partial charge in [0, 0.05) is 5.56 Å². The predicted octanol–water partition coefficient (Wildman–Crippen LogP) is 3.69. The van der Waals surface area contributed by atoms with Crippen LogP contribution >= 0.6 is 0 Å². The third-order valence-electron chi connectivity index (χ3n) is 3.03. The maximum atomic E-state index is 14.0. The molecule has 0 aliphatic heterocycles. The minimum atomic E-state index is -0.864. The molecule has 112 valence electrons. The highest BCUT2D eigenvalue weighted by Crippen LogP contribution is 2.42. The second-order valence-corrected chi connectivity index (χ2v) is 4.43. The summed E-state index contributed by atoms with van der Waals surface area (Å²) in [5.74, 6) is 0.467. The highest BCUT2D eigenvalue weighted by molar-refractivity contribution is 5.54. The summed E-state index contributed by atoms with van der Waals surface area (Å²) in [6, 6.07) is 9.49. The van der Waals surface area contributed by atoms with Crippen molar-refractivity contribution in [2.45, 2.75) is 13.0 Å². The van der Waals surface area contributed by atoms with E-state index in [0.717, 1.165) is 0 Å². The molecule has 2 aromatic rings. The molecule has 5 heteroatoms. The monoisotopic (exact) mass is 292 g/mol. The summed E-state index contributed by atoms with van der Waals surface area (Å²) in [7, 11) is 2.97. The number of benzene rings is 2. The summed E-state index contributed by atoms with van der Waals surface area (Å²) in [5.41, 5.74) is 0.350. The Bertz CT molecular complexity index is 603. The van der Waals surface area contributed by atoms with E-state index in [-0.39, 0.29) is 11.5 Å². The quantitative estimate of drug-likeness (QED) is 0.913. The van der Waals surface area contributed by atoms with E-state index in [0.29, 0.717) is 17.1 Å². The largest absolute Gasteiger partial charge is 0.493 e. The van der Waals surface area contributed by atoms with Gasteiger partial charge in [-0.15, -0.1) is 0 Å². The number of ether oxygens (including phenoxy) is 3. The van der Waals surface area contributed by atoms with Gasteiger partial charge in [-0.05, 0) is 25.1 Å². The lowest BCUT2D eigenvalue weighted by Gasteiger charge is -2.17. The van der Waals surface area contributed by atoms with Gasteiger partial charge in [-0.3, -0.25) is 0 Å². The van der Waals surface area contributed by atoms with Crippen LogP contribution in [0.3, 0.4) is 0 Å². The van der Waals surface area contributed by atoms with Crippen molar-refractivity contribution in [3.8, 4) is 23.0 Å². The van der Waals surface area contributed by atoms with E-state index in [1.165, 1.54) is 26.4 Å². The fourth-order valence-corrected chi connectivity index (χ4v) is 1.98. The Kier molecular flexibility index (Phi) is 4.65. The van der Waals surface area contributed by atoms with E-state index in [1.54, 1.807) is 31.2 Å². The van der Waals surface area contributed by atoms with Crippen LogP contribution in [0.15, 0.2) is 36.4 Å². The fourth-order valence-electron chi connectivity index (χ4n) is 1.98. The number of hydrogen-bond acceptors (Lipinski definition) is 4. The maximum absolute atomic E-state index is 14.0. The molecule has 0 fully saturated rings. The van der Waals surface area contributed by atoms with Crippen molar-refractivity contribution < 1.29 is 23.7 Å². The molecule has 1 N–H and O–H groups in total. The average Bonchev–Trinajstić information content (AvgIpc) is 2.49. The van der Waals surface area contributed by atoms with Gasteiger partial charge in [0.1, 0.15) is 0 Å². The van der Waals surface area contributed by atoms with Gasteiger partial charge in [-0.25, -0.2) is 4.39 Å². The molecule has 21 heavy (non-hydrogen) atoms. The molecular weight excluding hydrogens is 275 g/mol. The molecule has 2 rings (SSSR count). The van der Waals surface area contributed by atoms with Crippen LogP contribution in [0.5, 0.6) is 23.0 Å². The molecule has 4 nitrogen and oxygen atoms in total. The SMILES string of the molecule is COc1cccc(OC)c1Oc1c(F)cccc1[C@H](C)O. The Morgan fingerprint density at radius 2 is 1.52 bits per heavy atom. The summed E-state index contributed by atoms with van der Waals surface area (Å²) in [6.07, 6.45) is -0.864. The highest BCUT2D eigenvalue weighted by Gasteiger charge is 2.19. The van der Waals surface area contributed by atoms with Crippen LogP contribution in [0, 0.1) is 5.82 Å². The zero-order chi connectivity index (χ0) is 15.4. The molecule has 0 unspecified atom stereocenters. The molecule has 0 saturated carbocycles. The molecule has 0 spiro atoms. The first-order valence-electron chi connectivity index (χ1n) is 6.43. The van der Waals surface area contributed by atoms with Crippen LogP contribution in [0.4, 0.5) is 4.39 Å². The van der Waals surface area contributed by atoms with Gasteiger partial charge >= 0.3 is 0 Å². The molecule has 2 aromatic carbocycles. The van der Waals surface area contributed by atoms with E-state index < -0.39 is 11.9 Å². The minimum Gasteiger partial charge on any atom is -0.493 e. The molecule has 0 saturated heterocycles. The molecule has 0 aliphatic rings. The molecule has 0 heterocycles. The zero-order valence-corrected chi connectivity index (χ0v) is 12.1. The smallest absolute Gasteiger partial charge is 0.211 e. The van der Waals surface area contributed by atoms with Gasteiger partial charge in [0.15, 0.2) is 23.1 Å². The van der Waals surface area contributed by atoms with Gasteiger partial charge in [-0.2, -0.15) is 0 Å². The second-order valence-electron chi connectivity index (χ2n) is 4.43. The molecule has 0 radical (unpaired) electrons. The van der Waals surface area contributed by atoms with Crippen molar-refractivity contribution in [2.75, 3.05) is 14.2 Å². The topological polar surface area (TPSA) is 47.9 Å². The van der Waals surface area contributed by atoms with E-state index in [4.69, 9.17) is 14.2 Å². The molecule has 1 atom stereocenters. The first-order chi connectivity index (χ1) is 10.1. The van der Waals surface area contributed by atoms with Gasteiger partial charge in [0.05, 0.1) is 20.3 Å². The summed E-state index contributed by atoms with van der Waals surface area (Å²) >= 11 is 0. The first-order valence-corrected chi connectivity index (χ1v) is 6.43. The molecule has 0 aliphatic carbocycles. The molecule has 0 bridgehead atoms. The number of rotatable bonds is 5. The van der Waals surface area contributed by atoms with E-state index in [2.05, 4.69) is 0 Å². The van der Waals surface area contributed by atoms with Crippen molar-refractivity contribution in [3.05, 3.63) is 47.8 Å². The number of hydrogen-bond donors (Lipinski definition) is 1. The van der Waals surface area contributed by atoms with E-state index >= 15 is 0 Å². The molecule has 0 amide bonds. The Balaban J connectivity index is 2.53. The molecular formula is C16H17FO4. The Hall–Kier alpha value is -2.27. The average molecular weight is 292 g/mol. The van der Waals surface area contributed by atoms with Crippen molar-refractivity contribution >= 4 is 0 Å². The maximum Gasteiger partial charge on any atom is 0.211 e. The van der Waals surface area contributed by atoms with Gasteiger partial charge in [-0.1, -0.05) is 18.2 Å². The number of aliphatic hydroxyl groups is 1. The van der Waals surface area contributed by atoms with Crippen LogP contribution in [0.1, 0.15) is 18.6 Å². The van der Waals surface area contributed by atoms with Crippen LogP contribution in [0.2, 0.25) is 0 Å². The van der Waals surface area contributed by atoms with E-state index in [9.17, 15) is 9.50 Å². The minimum absolute atomic E-state index is 0.0460. The highest BCUT2D eigenvalue weighted by atomic mass is 19.1.